The number of nitrogens with two attached hydrogens (primary N) is 1. The molecule has 184 valence electrons. The quantitative estimate of drug-likeness (QED) is 0.229. The van der Waals surface area contributed by atoms with E-state index in [2.05, 4.69) is 16.6 Å². The normalized spacial score (nSPS) is 25.9. The van der Waals surface area contributed by atoms with Gasteiger partial charge in [-0.1, -0.05) is 11.8 Å². The fraction of sp³-hybridized carbons (Fsp3) is 0.348. The molecule has 0 radical (unpaired) electrons. The van der Waals surface area contributed by atoms with E-state index >= 15 is 0 Å². The summed E-state index contributed by atoms with van der Waals surface area (Å²) in [5.74, 6) is -1.60. The fourth-order valence-electron chi connectivity index (χ4n) is 5.05. The second-order valence-electron chi connectivity index (χ2n) is 8.79. The van der Waals surface area contributed by atoms with Crippen LogP contribution in [0.15, 0.2) is 29.0 Å². The van der Waals surface area contributed by atoms with Crippen molar-refractivity contribution in [2.75, 3.05) is 12.8 Å². The van der Waals surface area contributed by atoms with Crippen LogP contribution in [0.25, 0.3) is 5.76 Å². The maximum absolute atomic E-state index is 13.4. The Hall–Kier alpha value is -3.66. The molecule has 3 aliphatic carbocycles. The zero-order valence-corrected chi connectivity index (χ0v) is 19.3. The van der Waals surface area contributed by atoms with E-state index in [0.717, 1.165) is 6.26 Å². The van der Waals surface area contributed by atoms with E-state index in [-0.39, 0.29) is 36.3 Å². The van der Waals surface area contributed by atoms with E-state index in [0.29, 0.717) is 11.1 Å². The molecule has 1 fully saturated rings. The molecule has 0 saturated heterocycles. The van der Waals surface area contributed by atoms with E-state index in [1.807, 2.05) is 0 Å². The molecule has 0 spiro atoms. The van der Waals surface area contributed by atoms with Crippen molar-refractivity contribution < 1.29 is 43.2 Å². The first-order valence-electron chi connectivity index (χ1n) is 10.5. The molecule has 0 heterocycles. The van der Waals surface area contributed by atoms with Crippen LogP contribution in [0, 0.1) is 23.7 Å². The summed E-state index contributed by atoms with van der Waals surface area (Å²) < 4.78 is 24.7. The largest absolute Gasteiger partial charge is 0.508 e. The van der Waals surface area contributed by atoms with E-state index in [4.69, 9.17) is 5.73 Å². The number of amides is 1. The number of nitrogens with one attached hydrogen (secondary N) is 1. The highest BCUT2D eigenvalue weighted by Crippen LogP contribution is 2.52. The van der Waals surface area contributed by atoms with Gasteiger partial charge in [-0.15, -0.1) is 0 Å². The highest BCUT2D eigenvalue weighted by molar-refractivity contribution is 7.88. The molecule has 1 amide bonds. The topological polar surface area (TPSA) is 204 Å². The number of rotatable bonds is 3. The minimum absolute atomic E-state index is 0.00107. The number of aliphatic hydroxyl groups excluding tert-OH is 2. The number of phenolic OH excluding ortho intramolecular Hbond substituents is 1. The number of hydrogen-bond acceptors (Lipinski definition) is 9. The summed E-state index contributed by atoms with van der Waals surface area (Å²) in [7, 11) is -3.45. The number of hydrogen-bond donors (Lipinski definition) is 6. The van der Waals surface area contributed by atoms with Gasteiger partial charge in [0.05, 0.1) is 18.4 Å². The second kappa shape index (κ2) is 8.23. The number of aliphatic hydroxyl groups is 3. The zero-order chi connectivity index (χ0) is 25.9. The van der Waals surface area contributed by atoms with E-state index < -0.39 is 68.4 Å². The van der Waals surface area contributed by atoms with Gasteiger partial charge in [0.25, 0.3) is 5.91 Å². The van der Waals surface area contributed by atoms with Crippen LogP contribution in [-0.4, -0.2) is 64.7 Å². The number of Topliss-reactive ketones (excluding diaryl/α,β-unsaturated/α-hetero) is 2. The number of ketones is 2. The summed E-state index contributed by atoms with van der Waals surface area (Å²) in [6.07, 6.45) is 0.678. The Morgan fingerprint density at radius 1 is 1.23 bits per heavy atom. The Morgan fingerprint density at radius 3 is 2.54 bits per heavy atom. The molecule has 3 aliphatic rings. The van der Waals surface area contributed by atoms with E-state index in [1.54, 1.807) is 0 Å². The molecule has 7 N–H and O–H groups in total. The number of primary amides is 1. The predicted octanol–water partition coefficient (Wildman–Crippen LogP) is -0.675. The summed E-state index contributed by atoms with van der Waals surface area (Å²) >= 11 is 0. The monoisotopic (exact) mass is 502 g/mol. The molecule has 12 heteroatoms. The molecule has 1 saturated carbocycles. The smallest absolute Gasteiger partial charge is 0.255 e. The van der Waals surface area contributed by atoms with Crippen molar-refractivity contribution >= 4 is 33.3 Å². The van der Waals surface area contributed by atoms with Crippen LogP contribution < -0.4 is 10.5 Å². The van der Waals surface area contributed by atoms with Crippen molar-refractivity contribution in [1.82, 2.24) is 4.72 Å². The predicted molar refractivity (Wildman–Crippen MR) is 121 cm³/mol. The number of benzene rings is 1. The van der Waals surface area contributed by atoms with Crippen LogP contribution in [0.1, 0.15) is 29.5 Å². The Bertz CT molecular complexity index is 1430. The molecule has 4 rings (SSSR count). The molecule has 35 heavy (non-hydrogen) atoms. The third-order valence-corrected chi connectivity index (χ3v) is 7.26. The van der Waals surface area contributed by atoms with Gasteiger partial charge in [-0.05, 0) is 36.5 Å². The number of carbonyl (C=O) groups is 3. The average molecular weight is 503 g/mol. The lowest BCUT2D eigenvalue weighted by Crippen LogP contribution is -2.58. The van der Waals surface area contributed by atoms with Crippen LogP contribution in [0.3, 0.4) is 0 Å². The van der Waals surface area contributed by atoms with Gasteiger partial charge in [-0.25, -0.2) is 13.1 Å². The minimum Gasteiger partial charge on any atom is -0.508 e. The number of fused-ring (bicyclic) bond motifs is 3. The van der Waals surface area contributed by atoms with Gasteiger partial charge in [-0.3, -0.25) is 14.4 Å². The Kier molecular flexibility index (Phi) is 5.75. The van der Waals surface area contributed by atoms with Crippen molar-refractivity contribution in [2.24, 2.45) is 17.6 Å². The van der Waals surface area contributed by atoms with Gasteiger partial charge >= 0.3 is 0 Å². The molecule has 0 aliphatic heterocycles. The van der Waals surface area contributed by atoms with Crippen LogP contribution >= 0.6 is 0 Å². The first-order valence-corrected chi connectivity index (χ1v) is 12.4. The van der Waals surface area contributed by atoms with Crippen molar-refractivity contribution in [3.8, 4) is 17.6 Å². The third kappa shape index (κ3) is 3.87. The van der Waals surface area contributed by atoms with Gasteiger partial charge < -0.3 is 26.2 Å². The maximum atomic E-state index is 13.4. The van der Waals surface area contributed by atoms with Crippen LogP contribution in [0.2, 0.25) is 0 Å². The lowest BCUT2D eigenvalue weighted by atomic mass is 9.59. The standard InChI is InChI=1S/C23H22N2O9S/c1-35(33,34)25-6-2-3-10-4-5-14(26)17-13(10)8-11-7-12-9-15(27)18(22(24)31)21(30)23(12,32)20(29)16(11)19(17)28/h4-5,11-12,25-26,28,30,32H,6-9H2,1H3,(H2,24,31). The van der Waals surface area contributed by atoms with Crippen LogP contribution in [0.5, 0.6) is 5.75 Å². The molecular formula is C23H22N2O9S. The first-order chi connectivity index (χ1) is 16.3. The molecule has 0 aromatic heterocycles. The highest BCUT2D eigenvalue weighted by Gasteiger charge is 2.60. The van der Waals surface area contributed by atoms with E-state index in [1.165, 1.54) is 12.1 Å². The number of aromatic hydroxyl groups is 1. The molecular weight excluding hydrogens is 480 g/mol. The van der Waals surface area contributed by atoms with Gasteiger partial charge in [0.15, 0.2) is 11.4 Å². The summed E-state index contributed by atoms with van der Waals surface area (Å²) in [6.45, 7) is -0.172. The number of carbonyl (C=O) groups excluding carboxylic acids is 3. The van der Waals surface area contributed by atoms with Gasteiger partial charge in [0.1, 0.15) is 22.8 Å². The number of phenols is 1. The van der Waals surface area contributed by atoms with Gasteiger partial charge in [-0.2, -0.15) is 0 Å². The summed E-state index contributed by atoms with van der Waals surface area (Å²) in [6, 6.07) is 2.73. The maximum Gasteiger partial charge on any atom is 0.255 e. The molecule has 3 unspecified atom stereocenters. The van der Waals surface area contributed by atoms with Crippen molar-refractivity contribution in [2.45, 2.75) is 24.9 Å². The third-order valence-electron chi connectivity index (χ3n) is 6.59. The first kappa shape index (κ1) is 24.5. The Labute approximate surface area is 200 Å². The van der Waals surface area contributed by atoms with E-state index in [9.17, 15) is 43.2 Å². The molecule has 1 aromatic rings. The minimum atomic E-state index is -3.45. The van der Waals surface area contributed by atoms with Crippen molar-refractivity contribution in [1.29, 1.82) is 0 Å². The molecule has 3 atom stereocenters. The van der Waals surface area contributed by atoms with Crippen LogP contribution in [-0.2, 0) is 30.8 Å². The highest BCUT2D eigenvalue weighted by atomic mass is 32.2. The average Bonchev–Trinajstić information content (AvgIpc) is 2.74. The Morgan fingerprint density at radius 2 is 1.91 bits per heavy atom. The molecule has 0 bridgehead atoms. The lowest BCUT2D eigenvalue weighted by molar-refractivity contribution is -0.147. The molecule has 11 nitrogen and oxygen atoms in total. The van der Waals surface area contributed by atoms with Crippen LogP contribution in [0.4, 0.5) is 0 Å². The van der Waals surface area contributed by atoms with Gasteiger partial charge in [0.2, 0.25) is 15.8 Å². The fourth-order valence-corrected chi connectivity index (χ4v) is 5.38. The van der Waals surface area contributed by atoms with Crippen molar-refractivity contribution in [3.05, 3.63) is 45.7 Å². The summed E-state index contributed by atoms with van der Waals surface area (Å²) in [4.78, 5) is 37.5. The molecule has 1 aromatic carbocycles. The SMILES string of the molecule is CS(=O)(=O)NCC#Cc1ccc(O)c2c1CC1CC3CC(=O)C(C(N)=O)=C(O)C3(O)C(=O)C1=C2O. The van der Waals surface area contributed by atoms with Gasteiger partial charge in [0, 0.05) is 23.5 Å². The summed E-state index contributed by atoms with van der Waals surface area (Å²) in [5, 5.41) is 43.2. The summed E-state index contributed by atoms with van der Waals surface area (Å²) in [5.41, 5.74) is 2.14. The van der Waals surface area contributed by atoms with Crippen molar-refractivity contribution in [3.63, 3.8) is 0 Å². The zero-order valence-electron chi connectivity index (χ0n) is 18.5. The lowest BCUT2D eigenvalue weighted by Gasteiger charge is -2.46. The Balaban J connectivity index is 1.82. The second-order valence-corrected chi connectivity index (χ2v) is 10.6. The number of sulfonamides is 1.